The second-order valence-electron chi connectivity index (χ2n) is 8.58. The van der Waals surface area contributed by atoms with Crippen LogP contribution in [0.4, 0.5) is 0 Å². The predicted molar refractivity (Wildman–Crippen MR) is 122 cm³/mol. The molecule has 0 spiro atoms. The molecule has 35 heavy (non-hydrogen) atoms. The number of carbonyl (C=O) groups excluding carboxylic acids is 1. The summed E-state index contributed by atoms with van der Waals surface area (Å²) in [7, 11) is 0. The monoisotopic (exact) mass is 473 g/mol. The maximum absolute atomic E-state index is 12.7. The van der Waals surface area contributed by atoms with Crippen LogP contribution in [0.25, 0.3) is 5.69 Å². The van der Waals surface area contributed by atoms with E-state index in [0.717, 1.165) is 11.3 Å². The van der Waals surface area contributed by atoms with Crippen molar-refractivity contribution in [3.8, 4) is 17.4 Å². The Morgan fingerprint density at radius 2 is 1.86 bits per heavy atom. The lowest BCUT2D eigenvalue weighted by molar-refractivity contribution is 0.0606. The molecule has 4 heterocycles. The minimum atomic E-state index is -0.312. The molecule has 2 aromatic carbocycles. The van der Waals surface area contributed by atoms with Crippen molar-refractivity contribution >= 4 is 5.91 Å². The summed E-state index contributed by atoms with van der Waals surface area (Å²) >= 11 is 0. The second-order valence-corrected chi connectivity index (χ2v) is 8.58. The molecule has 4 atom stereocenters. The van der Waals surface area contributed by atoms with Crippen LogP contribution in [0.1, 0.15) is 22.0 Å². The molecule has 2 aliphatic heterocycles. The van der Waals surface area contributed by atoms with Crippen molar-refractivity contribution in [2.75, 3.05) is 13.2 Å². The van der Waals surface area contributed by atoms with Crippen LogP contribution in [-0.2, 0) is 9.47 Å². The number of hydrogen-bond acceptors (Lipinski definition) is 8. The first-order valence-corrected chi connectivity index (χ1v) is 11.3. The van der Waals surface area contributed by atoms with Crippen molar-refractivity contribution in [3.05, 3.63) is 78.4 Å². The summed E-state index contributed by atoms with van der Waals surface area (Å²) in [6, 6.07) is 14.6. The van der Waals surface area contributed by atoms with E-state index in [9.17, 15) is 4.79 Å². The Morgan fingerprint density at radius 1 is 1.06 bits per heavy atom. The molecule has 178 valence electrons. The molecule has 2 aromatic heterocycles. The number of amides is 1. The summed E-state index contributed by atoms with van der Waals surface area (Å²) in [6.07, 6.45) is 4.70. The number of aryl methyl sites for hydroxylation is 1. The van der Waals surface area contributed by atoms with Crippen molar-refractivity contribution < 1.29 is 19.0 Å². The zero-order valence-corrected chi connectivity index (χ0v) is 18.9. The van der Waals surface area contributed by atoms with Gasteiger partial charge in [-0.2, -0.15) is 4.68 Å². The van der Waals surface area contributed by atoms with Gasteiger partial charge in [0.2, 0.25) is 0 Å². The molecule has 0 radical (unpaired) electrons. The summed E-state index contributed by atoms with van der Waals surface area (Å²) in [4.78, 5) is 16.7. The SMILES string of the molecule is Cc1ccc(C(=O)NC2COC3C2OCC3n2nnnc2Oc2ccc(-n3ccnc3)cc2)cc1. The Labute approximate surface area is 200 Å². The lowest BCUT2D eigenvalue weighted by atomic mass is 10.1. The largest absolute Gasteiger partial charge is 0.423 e. The maximum atomic E-state index is 12.7. The van der Waals surface area contributed by atoms with Crippen LogP contribution in [0.15, 0.2) is 67.3 Å². The topological polar surface area (TPSA) is 118 Å². The molecule has 0 saturated carbocycles. The highest BCUT2D eigenvalue weighted by atomic mass is 16.6. The van der Waals surface area contributed by atoms with Crippen LogP contribution in [0.5, 0.6) is 11.8 Å². The minimum absolute atomic E-state index is 0.156. The van der Waals surface area contributed by atoms with Crippen molar-refractivity contribution in [2.45, 2.75) is 31.2 Å². The van der Waals surface area contributed by atoms with Gasteiger partial charge in [0.15, 0.2) is 0 Å². The molecule has 2 aliphatic rings. The fourth-order valence-electron chi connectivity index (χ4n) is 4.43. The summed E-state index contributed by atoms with van der Waals surface area (Å²) in [5.74, 6) is 0.438. The third kappa shape index (κ3) is 4.15. The molecule has 11 nitrogen and oxygen atoms in total. The zero-order chi connectivity index (χ0) is 23.8. The lowest BCUT2D eigenvalue weighted by Crippen LogP contribution is -2.44. The average molecular weight is 473 g/mol. The predicted octanol–water partition coefficient (Wildman–Crippen LogP) is 2.10. The number of tetrazole rings is 1. The van der Waals surface area contributed by atoms with E-state index < -0.39 is 0 Å². The highest BCUT2D eigenvalue weighted by molar-refractivity contribution is 5.94. The molecule has 4 aromatic rings. The molecule has 2 saturated heterocycles. The third-order valence-corrected chi connectivity index (χ3v) is 6.28. The molecule has 0 bridgehead atoms. The Morgan fingerprint density at radius 3 is 2.63 bits per heavy atom. The van der Waals surface area contributed by atoms with E-state index in [1.54, 1.807) is 17.2 Å². The molecule has 4 unspecified atom stereocenters. The quantitative estimate of drug-likeness (QED) is 0.452. The Balaban J connectivity index is 1.13. The molecule has 1 amide bonds. The van der Waals surface area contributed by atoms with Crippen molar-refractivity contribution in [2.24, 2.45) is 0 Å². The number of rotatable bonds is 6. The third-order valence-electron chi connectivity index (χ3n) is 6.28. The van der Waals surface area contributed by atoms with Gasteiger partial charge in [-0.25, -0.2) is 4.98 Å². The van der Waals surface area contributed by atoms with Crippen molar-refractivity contribution in [3.63, 3.8) is 0 Å². The number of imidazole rings is 1. The van der Waals surface area contributed by atoms with Gasteiger partial charge in [-0.15, -0.1) is 0 Å². The van der Waals surface area contributed by atoms with Gasteiger partial charge in [0.1, 0.15) is 24.0 Å². The average Bonchev–Trinajstić information content (AvgIpc) is 3.67. The van der Waals surface area contributed by atoms with E-state index in [-0.39, 0.29) is 36.2 Å². The van der Waals surface area contributed by atoms with Crippen molar-refractivity contribution in [1.82, 2.24) is 35.1 Å². The van der Waals surface area contributed by atoms with E-state index in [4.69, 9.17) is 14.2 Å². The van der Waals surface area contributed by atoms with Gasteiger partial charge in [0, 0.05) is 23.6 Å². The molecule has 1 N–H and O–H groups in total. The molecule has 2 fully saturated rings. The standard InChI is InChI=1S/C24H23N7O4/c1-15-2-4-16(5-3-15)23(32)26-19-12-33-22-20(13-34-21(19)22)31-24(27-28-29-31)35-18-8-6-17(7-9-18)30-11-10-25-14-30/h2-11,14,19-22H,12-13H2,1H3,(H,26,32). The van der Waals surface area contributed by atoms with Gasteiger partial charge in [-0.1, -0.05) is 22.8 Å². The lowest BCUT2D eigenvalue weighted by Gasteiger charge is -2.18. The number of nitrogens with zero attached hydrogens (tertiary/aromatic N) is 6. The Bertz CT molecular complexity index is 1300. The normalized spacial score (nSPS) is 23.2. The second kappa shape index (κ2) is 8.93. The van der Waals surface area contributed by atoms with Gasteiger partial charge >= 0.3 is 6.01 Å². The van der Waals surface area contributed by atoms with Crippen LogP contribution in [-0.4, -0.2) is 67.1 Å². The molecular weight excluding hydrogens is 450 g/mol. The van der Waals surface area contributed by atoms with E-state index in [0.29, 0.717) is 24.5 Å². The van der Waals surface area contributed by atoms with Crippen LogP contribution >= 0.6 is 0 Å². The first-order valence-electron chi connectivity index (χ1n) is 11.3. The Kier molecular flexibility index (Phi) is 5.47. The summed E-state index contributed by atoms with van der Waals surface area (Å²) < 4.78 is 21.5. The summed E-state index contributed by atoms with van der Waals surface area (Å²) in [6.45, 7) is 2.67. The van der Waals surface area contributed by atoms with Gasteiger partial charge in [-0.05, 0) is 53.7 Å². The number of carbonyl (C=O) groups is 1. The molecule has 6 rings (SSSR count). The highest BCUT2D eigenvalue weighted by Crippen LogP contribution is 2.36. The highest BCUT2D eigenvalue weighted by Gasteiger charge is 2.50. The molecular formula is C24H23N7O4. The smallest absolute Gasteiger partial charge is 0.341 e. The molecule has 11 heteroatoms. The van der Waals surface area contributed by atoms with Crippen LogP contribution < -0.4 is 10.1 Å². The van der Waals surface area contributed by atoms with E-state index >= 15 is 0 Å². The number of aromatic nitrogens is 6. The number of hydrogen-bond donors (Lipinski definition) is 1. The van der Waals surface area contributed by atoms with Gasteiger partial charge in [-0.3, -0.25) is 4.79 Å². The first-order chi connectivity index (χ1) is 17.2. The number of benzene rings is 2. The van der Waals surface area contributed by atoms with E-state index in [2.05, 4.69) is 25.8 Å². The van der Waals surface area contributed by atoms with Gasteiger partial charge in [0.05, 0.1) is 25.6 Å². The summed E-state index contributed by atoms with van der Waals surface area (Å²) in [5.41, 5.74) is 2.66. The van der Waals surface area contributed by atoms with Crippen LogP contribution in [0, 0.1) is 6.92 Å². The Hall–Kier alpha value is -4.09. The summed E-state index contributed by atoms with van der Waals surface area (Å²) in [5, 5.41) is 15.0. The van der Waals surface area contributed by atoms with E-state index in [1.165, 1.54) is 0 Å². The number of nitrogens with one attached hydrogen (secondary N) is 1. The first kappa shape index (κ1) is 21.4. The fraction of sp³-hybridized carbons (Fsp3) is 0.292. The molecule has 0 aliphatic carbocycles. The minimum Gasteiger partial charge on any atom is -0.423 e. The van der Waals surface area contributed by atoms with Crippen LogP contribution in [0.2, 0.25) is 0 Å². The van der Waals surface area contributed by atoms with Crippen LogP contribution in [0.3, 0.4) is 0 Å². The zero-order valence-electron chi connectivity index (χ0n) is 18.9. The number of ether oxygens (including phenoxy) is 3. The maximum Gasteiger partial charge on any atom is 0.341 e. The fourth-order valence-corrected chi connectivity index (χ4v) is 4.43. The van der Waals surface area contributed by atoms with Crippen molar-refractivity contribution in [1.29, 1.82) is 0 Å². The van der Waals surface area contributed by atoms with Gasteiger partial charge < -0.3 is 24.1 Å². The number of fused-ring (bicyclic) bond motifs is 1. The van der Waals surface area contributed by atoms with E-state index in [1.807, 2.05) is 66.2 Å². The van der Waals surface area contributed by atoms with Gasteiger partial charge in [0.25, 0.3) is 5.91 Å².